The summed E-state index contributed by atoms with van der Waals surface area (Å²) in [5.41, 5.74) is 7.14. The van der Waals surface area contributed by atoms with E-state index in [1.807, 2.05) is 134 Å². The molecule has 5 heterocycles. The van der Waals surface area contributed by atoms with Gasteiger partial charge in [-0.05, 0) is 91.5 Å². The molecule has 0 bridgehead atoms. The van der Waals surface area contributed by atoms with Crippen LogP contribution >= 0.6 is 0 Å². The Balaban J connectivity index is 0.724. The molecule has 5 amide bonds. The van der Waals surface area contributed by atoms with Crippen molar-refractivity contribution in [3.05, 3.63) is 184 Å². The van der Waals surface area contributed by atoms with Crippen LogP contribution < -0.4 is 37.0 Å². The number of amides is 5. The summed E-state index contributed by atoms with van der Waals surface area (Å²) in [5, 5.41) is 15.8. The summed E-state index contributed by atoms with van der Waals surface area (Å²) >= 11 is 0. The van der Waals surface area contributed by atoms with E-state index in [1.54, 1.807) is 17.8 Å². The highest BCUT2D eigenvalue weighted by Gasteiger charge is 2.45. The molecular formula is C72H78N12O9. The minimum atomic E-state index is -1.34. The van der Waals surface area contributed by atoms with Crippen molar-refractivity contribution >= 4 is 57.5 Å². The molecule has 5 aromatic carbocycles. The van der Waals surface area contributed by atoms with Crippen molar-refractivity contribution in [2.45, 2.75) is 87.3 Å². The minimum Gasteiger partial charge on any atom is -0.436 e. The number of terminal acetylenes is 1. The second-order valence-electron chi connectivity index (χ2n) is 24.9. The van der Waals surface area contributed by atoms with Crippen LogP contribution in [0.2, 0.25) is 0 Å². The van der Waals surface area contributed by atoms with E-state index in [0.29, 0.717) is 35.3 Å². The Labute approximate surface area is 540 Å². The molecule has 21 nitrogen and oxygen atoms in total. The molecule has 8 aromatic rings. The zero-order valence-corrected chi connectivity index (χ0v) is 52.6. The molecule has 2 saturated heterocycles. The van der Waals surface area contributed by atoms with Crippen LogP contribution in [0.15, 0.2) is 151 Å². The van der Waals surface area contributed by atoms with Gasteiger partial charge < -0.3 is 65.0 Å². The topological polar surface area (TPSA) is 246 Å². The summed E-state index contributed by atoms with van der Waals surface area (Å²) in [6.45, 7) is 4.57. The lowest BCUT2D eigenvalue weighted by Crippen LogP contribution is -2.55. The number of likely N-dealkylation sites (N-methyl/N-ethyl adjacent to an activating group) is 1. The second kappa shape index (κ2) is 28.0. The van der Waals surface area contributed by atoms with Crippen LogP contribution in [-0.2, 0) is 52.5 Å². The maximum atomic E-state index is 14.0. The lowest BCUT2D eigenvalue weighted by atomic mass is 9.87. The smallest absolute Gasteiger partial charge is 0.410 e. The number of aromatic amines is 1. The predicted octanol–water partition coefficient (Wildman–Crippen LogP) is 6.83. The van der Waals surface area contributed by atoms with Crippen LogP contribution in [0.5, 0.6) is 0 Å². The molecule has 2 aliphatic carbocycles. The lowest BCUT2D eigenvalue weighted by Gasteiger charge is -2.45. The Kier molecular flexibility index (Phi) is 19.1. The Morgan fingerprint density at radius 2 is 1.45 bits per heavy atom. The van der Waals surface area contributed by atoms with E-state index < -0.39 is 67.1 Å². The van der Waals surface area contributed by atoms with E-state index in [9.17, 15) is 28.8 Å². The van der Waals surface area contributed by atoms with E-state index in [0.717, 1.165) is 125 Å². The van der Waals surface area contributed by atoms with Crippen molar-refractivity contribution < 1.29 is 38.2 Å². The highest BCUT2D eigenvalue weighted by Crippen LogP contribution is 2.46. The summed E-state index contributed by atoms with van der Waals surface area (Å²) in [7, 11) is 3.17. The van der Waals surface area contributed by atoms with Crippen LogP contribution in [0.25, 0.3) is 44.1 Å². The highest BCUT2D eigenvalue weighted by molar-refractivity contribution is 5.98. The molecular weight excluding hydrogens is 1180 g/mol. The van der Waals surface area contributed by atoms with Crippen molar-refractivity contribution in [3.63, 3.8) is 0 Å². The van der Waals surface area contributed by atoms with Gasteiger partial charge in [0, 0.05) is 98.1 Å². The number of H-pyrrole nitrogens is 1. The number of carbonyl (C=O) groups excluding carboxylic acids is 5. The molecule has 12 rings (SSSR count). The van der Waals surface area contributed by atoms with E-state index >= 15 is 0 Å². The van der Waals surface area contributed by atoms with Crippen molar-refractivity contribution in [1.29, 1.82) is 0 Å². The van der Waals surface area contributed by atoms with Crippen LogP contribution in [0.1, 0.15) is 79.5 Å². The van der Waals surface area contributed by atoms with Gasteiger partial charge in [-0.2, -0.15) is 0 Å². The number of aryl methyl sites for hydroxylation is 1. The Morgan fingerprint density at radius 3 is 2.15 bits per heavy atom. The number of hydrogen-bond acceptors (Lipinski definition) is 14. The third kappa shape index (κ3) is 14.3. The first-order valence-corrected chi connectivity index (χ1v) is 31.9. The fraction of sp³-hybridized carbons (Fsp3) is 0.361. The van der Waals surface area contributed by atoms with Crippen molar-refractivity contribution in [2.75, 3.05) is 77.6 Å². The summed E-state index contributed by atoms with van der Waals surface area (Å²) in [4.78, 5) is 101. The van der Waals surface area contributed by atoms with Crippen LogP contribution in [0.3, 0.4) is 0 Å². The predicted molar refractivity (Wildman–Crippen MR) is 355 cm³/mol. The summed E-state index contributed by atoms with van der Waals surface area (Å²) in [6.07, 6.45) is 13.3. The molecule has 4 aliphatic rings. The number of hydrogen-bond donors (Lipinski definition) is 6. The number of nitrogens with zero attached hydrogens (tertiary/aromatic N) is 6. The fourth-order valence-corrected chi connectivity index (χ4v) is 13.0. The third-order valence-electron chi connectivity index (χ3n) is 18.4. The van der Waals surface area contributed by atoms with E-state index in [2.05, 4.69) is 60.3 Å². The van der Waals surface area contributed by atoms with Gasteiger partial charge in [0.2, 0.25) is 29.6 Å². The van der Waals surface area contributed by atoms with Gasteiger partial charge in [-0.25, -0.2) is 14.8 Å². The molecule has 2 atom stereocenters. The van der Waals surface area contributed by atoms with Crippen molar-refractivity contribution in [1.82, 2.24) is 55.9 Å². The zero-order valence-electron chi connectivity index (χ0n) is 52.6. The van der Waals surface area contributed by atoms with Crippen molar-refractivity contribution in [3.8, 4) is 34.6 Å². The quantitative estimate of drug-likeness (QED) is 0.0206. The number of pyridine rings is 1. The molecule has 2 aliphatic heterocycles. The van der Waals surface area contributed by atoms with Gasteiger partial charge in [-0.1, -0.05) is 121 Å². The van der Waals surface area contributed by atoms with Gasteiger partial charge in [-0.3, -0.25) is 24.0 Å². The normalized spacial score (nSPS) is 16.5. The monoisotopic (exact) mass is 1250 g/mol. The first-order chi connectivity index (χ1) is 45.2. The molecule has 480 valence electrons. The molecule has 3 fully saturated rings. The minimum absolute atomic E-state index is 0.0202. The molecule has 3 aromatic heterocycles. The van der Waals surface area contributed by atoms with Gasteiger partial charge in [0.1, 0.15) is 24.8 Å². The molecule has 0 spiro atoms. The SMILES string of the molecule is C#CCNC1(C)CCN(C2CCN(c3nc([C@@](COCNC(=O)CNC(=O)[C@H](Cc4ccccc4)NC(=O)CNC(=O)CN(C)C(=O)OC4c5ccccc5-c5ccccc54)(OC4CC4)c4ccccc4)c4cc(-c5cn(C)c(=O)c6[nH]ccc56)ccc4n3)CC2)CC1. The lowest BCUT2D eigenvalue weighted by molar-refractivity contribution is -0.131. The Morgan fingerprint density at radius 1 is 0.774 bits per heavy atom. The number of carbonyl (C=O) groups is 5. The van der Waals surface area contributed by atoms with E-state index in [-0.39, 0.29) is 37.0 Å². The number of ether oxygens (including phenoxy) is 3. The Hall–Kier alpha value is -9.72. The standard InChI is InChI=1S/C72H78N12O9/c1-5-33-77-71(2)31-37-83(38-32-71)50-29-35-84(36-30-50)69-79-59-27-24-48(58-43-81(3)68(89)64-54(58)28-34-73-64)40-57(59)66(80-69)72(93-51-25-26-51,49-18-10-7-11-19-49)45-91-46-76-61(85)41-75-67(88)60(39-47-16-8-6-9-17-47)78-62(86)42-74-63(87)44-82(4)70(90)92-65-55-22-14-12-20-52(55)53-21-13-15-23-56(53)65/h1,6-24,27-28,34,40,43,50-51,60,65,73,77H,25-26,29-33,35-39,41-42,44-46H2,2-4H3,(H,74,87)(H,75,88)(H,76,85)(H,78,86)/t60-,72-/m0/s1. The number of piperidine rings is 2. The number of likely N-dealkylation sites (tertiary alicyclic amines) is 1. The molecule has 93 heavy (non-hydrogen) atoms. The van der Waals surface area contributed by atoms with Crippen molar-refractivity contribution in [2.24, 2.45) is 7.05 Å². The highest BCUT2D eigenvalue weighted by atomic mass is 16.6. The van der Waals surface area contributed by atoms with Crippen LogP contribution in [0, 0.1) is 12.3 Å². The largest absolute Gasteiger partial charge is 0.436 e. The van der Waals surface area contributed by atoms with Gasteiger partial charge in [0.15, 0.2) is 11.7 Å². The number of rotatable bonds is 24. The number of anilines is 1. The number of benzene rings is 5. The maximum absolute atomic E-state index is 14.0. The number of aromatic nitrogens is 4. The molecule has 6 N–H and O–H groups in total. The number of fused-ring (bicyclic) bond motifs is 5. The fourth-order valence-electron chi connectivity index (χ4n) is 13.0. The van der Waals surface area contributed by atoms with Gasteiger partial charge in [0.05, 0.1) is 43.6 Å². The number of nitrogens with one attached hydrogen (secondary N) is 6. The first kappa shape index (κ1) is 63.4. The first-order valence-electron chi connectivity index (χ1n) is 31.9. The molecule has 21 heteroatoms. The van der Waals surface area contributed by atoms with Crippen LogP contribution in [0.4, 0.5) is 10.7 Å². The van der Waals surface area contributed by atoms with Crippen LogP contribution in [-0.4, -0.2) is 156 Å². The maximum Gasteiger partial charge on any atom is 0.410 e. The molecule has 0 radical (unpaired) electrons. The van der Waals surface area contributed by atoms with Gasteiger partial charge in [0.25, 0.3) is 5.56 Å². The van der Waals surface area contributed by atoms with E-state index in [1.165, 1.54) is 7.05 Å². The zero-order chi connectivity index (χ0) is 64.6. The molecule has 1 saturated carbocycles. The average Bonchev–Trinajstić information content (AvgIpc) is 1.50. The summed E-state index contributed by atoms with van der Waals surface area (Å²) < 4.78 is 21.3. The summed E-state index contributed by atoms with van der Waals surface area (Å²) in [5.74, 6) is 0.808. The molecule has 0 unspecified atom stereocenters. The Bertz CT molecular complexity index is 4110. The van der Waals surface area contributed by atoms with Gasteiger partial charge >= 0.3 is 6.09 Å². The second-order valence-corrected chi connectivity index (χ2v) is 24.9. The third-order valence-corrected chi connectivity index (χ3v) is 18.4. The summed E-state index contributed by atoms with van der Waals surface area (Å²) in [6, 6.07) is 41.5. The average molecular weight is 1260 g/mol. The van der Waals surface area contributed by atoms with E-state index in [4.69, 9.17) is 30.6 Å². The van der Waals surface area contributed by atoms with Gasteiger partial charge in [-0.15, -0.1) is 6.42 Å².